The first-order valence-corrected chi connectivity index (χ1v) is 18.4. The molecule has 2 amide bonds. The minimum Gasteiger partial charge on any atom is -0.468 e. The highest BCUT2D eigenvalue weighted by atomic mass is 16.5. The third kappa shape index (κ3) is 5.04. The number of H-pyrrole nitrogens is 1. The van der Waals surface area contributed by atoms with Crippen LogP contribution in [0.1, 0.15) is 60.5 Å². The zero-order valence-electron chi connectivity index (χ0n) is 30.0. The summed E-state index contributed by atoms with van der Waals surface area (Å²) < 4.78 is 5.48. The normalized spacial score (nSPS) is 25.8. The zero-order chi connectivity index (χ0) is 36.9. The molecule has 3 heterocycles. The number of carbonyl (C=O) groups is 5. The third-order valence-electron chi connectivity index (χ3n) is 12.5. The van der Waals surface area contributed by atoms with Crippen molar-refractivity contribution in [2.75, 3.05) is 7.11 Å². The molecule has 0 radical (unpaired) electrons. The number of fused-ring (bicyclic) bond motifs is 4. The van der Waals surface area contributed by atoms with E-state index in [0.717, 1.165) is 49.5 Å². The molecule has 0 bridgehead atoms. The zero-order valence-corrected chi connectivity index (χ0v) is 30.0. The van der Waals surface area contributed by atoms with Crippen LogP contribution in [-0.4, -0.2) is 51.9 Å². The quantitative estimate of drug-likeness (QED) is 0.127. The van der Waals surface area contributed by atoms with Crippen molar-refractivity contribution >= 4 is 51.0 Å². The highest BCUT2D eigenvalue weighted by Crippen LogP contribution is 2.52. The standard InChI is InChI=1S/C44H41N3O6/c1-42(2)21-34(48)43(35(49)22-42)18-29-13-12-25(16-30(29)19-43)24-47-39(50)36-37(40(47)51)44(41(52)53-3,20-31-23-45-33-11-7-6-10-32(31)33)46-38(36)28-15-14-26-8-4-5-9-27(26)17-28/h4-17,23,36-38,45-46H,18-22,24H2,1-3H3/t36-,37-,38-,44-/m0/s1. The van der Waals surface area contributed by atoms with Crippen molar-refractivity contribution in [3.63, 3.8) is 0 Å². The molecule has 4 aromatic carbocycles. The van der Waals surface area contributed by atoms with E-state index in [0.29, 0.717) is 25.7 Å². The number of methoxy groups -OCH3 is 1. The van der Waals surface area contributed by atoms with Crippen LogP contribution in [0.3, 0.4) is 0 Å². The van der Waals surface area contributed by atoms with Crippen molar-refractivity contribution in [1.29, 1.82) is 0 Å². The van der Waals surface area contributed by atoms with Crippen molar-refractivity contribution in [2.24, 2.45) is 22.7 Å². The number of nitrogens with one attached hydrogen (secondary N) is 2. The molecule has 268 valence electrons. The minimum absolute atomic E-state index is 0.00388. The number of aromatic nitrogens is 1. The number of ether oxygens (including phenoxy) is 1. The molecule has 3 fully saturated rings. The Labute approximate surface area is 307 Å². The number of aromatic amines is 1. The Morgan fingerprint density at radius 2 is 1.53 bits per heavy atom. The summed E-state index contributed by atoms with van der Waals surface area (Å²) in [5.41, 5.74) is 2.21. The first kappa shape index (κ1) is 33.4. The summed E-state index contributed by atoms with van der Waals surface area (Å²) in [6.45, 7) is 3.93. The number of amides is 2. The molecular formula is C44H41N3O6. The molecular weight excluding hydrogens is 666 g/mol. The predicted octanol–water partition coefficient (Wildman–Crippen LogP) is 5.96. The number of Topliss-reactive ketones (excluding diaryl/α,β-unsaturated/α-hetero) is 2. The second-order valence-corrected chi connectivity index (χ2v) is 16.4. The Balaban J connectivity index is 1.09. The Morgan fingerprint density at radius 1 is 0.811 bits per heavy atom. The van der Waals surface area contributed by atoms with Gasteiger partial charge in [0.15, 0.2) is 0 Å². The van der Waals surface area contributed by atoms with Gasteiger partial charge in [0, 0.05) is 42.4 Å². The van der Waals surface area contributed by atoms with Crippen LogP contribution < -0.4 is 5.32 Å². The van der Waals surface area contributed by atoms with E-state index in [-0.39, 0.29) is 35.9 Å². The summed E-state index contributed by atoms with van der Waals surface area (Å²) in [7, 11) is 1.32. The third-order valence-corrected chi connectivity index (χ3v) is 12.5. The lowest BCUT2D eigenvalue weighted by Gasteiger charge is -2.38. The van der Waals surface area contributed by atoms with Gasteiger partial charge < -0.3 is 9.72 Å². The van der Waals surface area contributed by atoms with Crippen LogP contribution in [0.15, 0.2) is 91.1 Å². The van der Waals surface area contributed by atoms with E-state index >= 15 is 0 Å². The van der Waals surface area contributed by atoms with Crippen molar-refractivity contribution in [3.05, 3.63) is 119 Å². The van der Waals surface area contributed by atoms with Gasteiger partial charge in [-0.3, -0.25) is 34.2 Å². The van der Waals surface area contributed by atoms with E-state index in [4.69, 9.17) is 4.74 Å². The van der Waals surface area contributed by atoms with Crippen LogP contribution in [0.4, 0.5) is 0 Å². The number of ketones is 2. The Bertz CT molecular complexity index is 2390. The Hall–Kier alpha value is -5.41. The fourth-order valence-corrected chi connectivity index (χ4v) is 9.92. The minimum atomic E-state index is -1.54. The van der Waals surface area contributed by atoms with Crippen molar-refractivity contribution in [1.82, 2.24) is 15.2 Å². The highest BCUT2D eigenvalue weighted by molar-refractivity contribution is 6.11. The maximum absolute atomic E-state index is 14.8. The van der Waals surface area contributed by atoms with Gasteiger partial charge in [0.2, 0.25) is 11.8 Å². The molecule has 0 unspecified atom stereocenters. The van der Waals surface area contributed by atoms with Crippen LogP contribution in [0.2, 0.25) is 0 Å². The molecule has 2 N–H and O–H groups in total. The van der Waals surface area contributed by atoms with Gasteiger partial charge in [-0.2, -0.15) is 0 Å². The summed E-state index contributed by atoms with van der Waals surface area (Å²) in [6, 6.07) is 26.8. The lowest BCUT2D eigenvalue weighted by molar-refractivity contribution is -0.154. The predicted molar refractivity (Wildman–Crippen MR) is 198 cm³/mol. The molecule has 53 heavy (non-hydrogen) atoms. The number of esters is 1. The van der Waals surface area contributed by atoms with Crippen LogP contribution in [0.5, 0.6) is 0 Å². The van der Waals surface area contributed by atoms with Crippen LogP contribution in [-0.2, 0) is 54.5 Å². The number of nitrogens with zero attached hydrogens (tertiary/aromatic N) is 1. The van der Waals surface area contributed by atoms with Gasteiger partial charge in [-0.25, -0.2) is 0 Å². The molecule has 4 aliphatic rings. The molecule has 9 heteroatoms. The summed E-state index contributed by atoms with van der Waals surface area (Å²) in [6.07, 6.45) is 3.44. The van der Waals surface area contributed by atoms with E-state index in [1.165, 1.54) is 12.0 Å². The fraction of sp³-hybridized carbons (Fsp3) is 0.341. The summed E-state index contributed by atoms with van der Waals surface area (Å²) in [5, 5.41) is 6.49. The average molecular weight is 708 g/mol. The smallest absolute Gasteiger partial charge is 0.327 e. The second kappa shape index (κ2) is 11.8. The molecule has 1 spiro atoms. The van der Waals surface area contributed by atoms with Gasteiger partial charge in [0.25, 0.3) is 0 Å². The summed E-state index contributed by atoms with van der Waals surface area (Å²) in [5.74, 6) is -3.30. The molecule has 2 saturated heterocycles. The fourth-order valence-electron chi connectivity index (χ4n) is 9.92. The van der Waals surface area contributed by atoms with Crippen LogP contribution >= 0.6 is 0 Å². The van der Waals surface area contributed by atoms with Crippen LogP contribution in [0, 0.1) is 22.7 Å². The maximum Gasteiger partial charge on any atom is 0.327 e. The van der Waals surface area contributed by atoms with Crippen molar-refractivity contribution in [2.45, 2.75) is 64.1 Å². The van der Waals surface area contributed by atoms with Crippen molar-refractivity contribution < 1.29 is 28.7 Å². The van der Waals surface area contributed by atoms with Gasteiger partial charge in [-0.15, -0.1) is 0 Å². The van der Waals surface area contributed by atoms with Crippen molar-refractivity contribution in [3.8, 4) is 0 Å². The SMILES string of the molecule is COC(=O)[C@@]1(Cc2c[nH]c3ccccc23)N[C@@H](c2ccc3ccccc3c2)[C@H]2C(=O)N(Cc3ccc4c(c3)CC3(C4)C(=O)CC(C)(C)CC3=O)C(=O)[C@H]21. The highest BCUT2D eigenvalue weighted by Gasteiger charge is 2.68. The molecule has 9 rings (SSSR count). The maximum atomic E-state index is 14.8. The summed E-state index contributed by atoms with van der Waals surface area (Å²) >= 11 is 0. The van der Waals surface area contributed by atoms with E-state index in [1.54, 1.807) is 0 Å². The first-order valence-electron chi connectivity index (χ1n) is 18.4. The second-order valence-electron chi connectivity index (χ2n) is 16.4. The number of rotatable bonds is 6. The number of para-hydroxylation sites is 1. The number of carbonyl (C=O) groups excluding carboxylic acids is 5. The Kier molecular flexibility index (Phi) is 7.44. The molecule has 1 saturated carbocycles. The first-order chi connectivity index (χ1) is 25.4. The van der Waals surface area contributed by atoms with Crippen LogP contribution in [0.25, 0.3) is 21.7 Å². The number of imide groups is 1. The van der Waals surface area contributed by atoms with Gasteiger partial charge in [-0.1, -0.05) is 86.6 Å². The van der Waals surface area contributed by atoms with Gasteiger partial charge in [0.1, 0.15) is 17.1 Å². The lowest BCUT2D eigenvalue weighted by atomic mass is 9.62. The van der Waals surface area contributed by atoms with Gasteiger partial charge in [-0.05, 0) is 69.0 Å². The molecule has 9 nitrogen and oxygen atoms in total. The molecule has 1 aromatic heterocycles. The van der Waals surface area contributed by atoms with E-state index in [9.17, 15) is 24.0 Å². The number of benzene rings is 4. The average Bonchev–Trinajstić information content (AvgIpc) is 3.89. The number of hydrogen-bond acceptors (Lipinski definition) is 7. The molecule has 4 atom stereocenters. The van der Waals surface area contributed by atoms with Gasteiger partial charge in [0.05, 0.1) is 30.9 Å². The Morgan fingerprint density at radius 3 is 2.30 bits per heavy atom. The van der Waals surface area contributed by atoms with E-state index < -0.39 is 40.7 Å². The summed E-state index contributed by atoms with van der Waals surface area (Å²) in [4.78, 5) is 75.2. The molecule has 5 aromatic rings. The number of hydrogen-bond donors (Lipinski definition) is 2. The molecule has 2 aliphatic heterocycles. The molecule has 2 aliphatic carbocycles. The largest absolute Gasteiger partial charge is 0.468 e. The van der Waals surface area contributed by atoms with E-state index in [2.05, 4.69) is 10.3 Å². The monoisotopic (exact) mass is 707 g/mol. The topological polar surface area (TPSA) is 126 Å². The van der Waals surface area contributed by atoms with Gasteiger partial charge >= 0.3 is 5.97 Å². The lowest BCUT2D eigenvalue weighted by Crippen LogP contribution is -2.57. The number of likely N-dealkylation sites (tertiary alicyclic amines) is 1. The van der Waals surface area contributed by atoms with E-state index in [1.807, 2.05) is 105 Å².